The van der Waals surface area contributed by atoms with Gasteiger partial charge in [0.05, 0.1) is 14.2 Å². The van der Waals surface area contributed by atoms with E-state index in [1.807, 2.05) is 6.07 Å². The average Bonchev–Trinajstić information content (AvgIpc) is 2.52. The van der Waals surface area contributed by atoms with Crippen LogP contribution in [0.25, 0.3) is 0 Å². The van der Waals surface area contributed by atoms with Crippen molar-refractivity contribution in [3.05, 3.63) is 23.8 Å². The Labute approximate surface area is 130 Å². The van der Waals surface area contributed by atoms with Gasteiger partial charge >= 0.3 is 0 Å². The number of benzene rings is 1. The van der Waals surface area contributed by atoms with Gasteiger partial charge in [-0.05, 0) is 43.4 Å². The van der Waals surface area contributed by atoms with E-state index < -0.39 is 0 Å². The number of nitrogens with one attached hydrogen (secondary N) is 1. The lowest BCUT2D eigenvalue weighted by Crippen LogP contribution is -2.32. The Balaban J connectivity index is 2.75. The molecule has 0 bridgehead atoms. The van der Waals surface area contributed by atoms with E-state index in [1.165, 1.54) is 18.4 Å². The quantitative estimate of drug-likeness (QED) is 0.723. The van der Waals surface area contributed by atoms with Crippen LogP contribution < -0.4 is 14.8 Å². The van der Waals surface area contributed by atoms with E-state index in [0.29, 0.717) is 12.1 Å². The molecule has 3 unspecified atom stereocenters. The average molecular weight is 293 g/mol. The predicted octanol–water partition coefficient (Wildman–Crippen LogP) is 4.57. The fourth-order valence-electron chi connectivity index (χ4n) is 2.58. The number of hydrogen-bond acceptors (Lipinski definition) is 3. The zero-order valence-corrected chi connectivity index (χ0v) is 14.4. The molecule has 0 heterocycles. The first-order valence-electron chi connectivity index (χ1n) is 8.03. The molecule has 0 aromatic heterocycles. The molecule has 1 aromatic carbocycles. The summed E-state index contributed by atoms with van der Waals surface area (Å²) >= 11 is 0. The van der Waals surface area contributed by atoms with Gasteiger partial charge in [-0.3, -0.25) is 0 Å². The molecule has 1 aromatic rings. The third-order valence-electron chi connectivity index (χ3n) is 4.27. The van der Waals surface area contributed by atoms with E-state index in [9.17, 15) is 0 Å². The van der Waals surface area contributed by atoms with Crippen LogP contribution >= 0.6 is 0 Å². The molecule has 0 fully saturated rings. The van der Waals surface area contributed by atoms with Gasteiger partial charge in [0.1, 0.15) is 0 Å². The van der Waals surface area contributed by atoms with Gasteiger partial charge in [0.15, 0.2) is 11.5 Å². The summed E-state index contributed by atoms with van der Waals surface area (Å²) in [4.78, 5) is 0. The molecule has 0 aliphatic heterocycles. The van der Waals surface area contributed by atoms with Crippen molar-refractivity contribution >= 4 is 0 Å². The summed E-state index contributed by atoms with van der Waals surface area (Å²) in [6.07, 6.45) is 3.62. The number of rotatable bonds is 9. The molecule has 3 nitrogen and oxygen atoms in total. The molecular weight excluding hydrogens is 262 g/mol. The van der Waals surface area contributed by atoms with Gasteiger partial charge in [0.25, 0.3) is 0 Å². The molecular formula is C18H31NO2. The Morgan fingerprint density at radius 3 is 2.19 bits per heavy atom. The van der Waals surface area contributed by atoms with Crippen LogP contribution in [0, 0.1) is 5.92 Å². The van der Waals surface area contributed by atoms with Crippen molar-refractivity contribution in [1.29, 1.82) is 0 Å². The minimum absolute atomic E-state index is 0.304. The fraction of sp³-hybridized carbons (Fsp3) is 0.667. The van der Waals surface area contributed by atoms with E-state index in [4.69, 9.17) is 9.47 Å². The maximum absolute atomic E-state index is 5.39. The molecule has 0 saturated carbocycles. The first-order valence-corrected chi connectivity index (χ1v) is 8.03. The second-order valence-corrected chi connectivity index (χ2v) is 5.86. The molecule has 3 atom stereocenters. The van der Waals surface area contributed by atoms with Crippen LogP contribution in [0.3, 0.4) is 0 Å². The zero-order chi connectivity index (χ0) is 15.8. The van der Waals surface area contributed by atoms with E-state index in [0.717, 1.165) is 23.8 Å². The summed E-state index contributed by atoms with van der Waals surface area (Å²) in [5.41, 5.74) is 1.23. The maximum atomic E-state index is 5.39. The Morgan fingerprint density at radius 2 is 1.67 bits per heavy atom. The molecule has 0 amide bonds. The van der Waals surface area contributed by atoms with Crippen LogP contribution in [-0.2, 0) is 0 Å². The molecule has 1 N–H and O–H groups in total. The summed E-state index contributed by atoms with van der Waals surface area (Å²) in [5.74, 6) is 2.33. The van der Waals surface area contributed by atoms with Crippen molar-refractivity contribution in [2.75, 3.05) is 14.2 Å². The van der Waals surface area contributed by atoms with Crippen molar-refractivity contribution in [3.63, 3.8) is 0 Å². The Morgan fingerprint density at radius 1 is 1.00 bits per heavy atom. The van der Waals surface area contributed by atoms with Crippen molar-refractivity contribution in [3.8, 4) is 11.5 Å². The van der Waals surface area contributed by atoms with E-state index in [2.05, 4.69) is 45.1 Å². The largest absolute Gasteiger partial charge is 0.493 e. The monoisotopic (exact) mass is 293 g/mol. The zero-order valence-electron chi connectivity index (χ0n) is 14.4. The third-order valence-corrected chi connectivity index (χ3v) is 4.27. The van der Waals surface area contributed by atoms with Crippen molar-refractivity contribution in [1.82, 2.24) is 5.32 Å². The van der Waals surface area contributed by atoms with Crippen LogP contribution in [0.15, 0.2) is 18.2 Å². The SMILES string of the molecule is CCC(C)CC(CC)NC(C)c1ccc(OC)c(OC)c1. The first-order chi connectivity index (χ1) is 10.0. The van der Waals surface area contributed by atoms with Crippen LogP contribution in [-0.4, -0.2) is 20.3 Å². The molecule has 0 aliphatic rings. The topological polar surface area (TPSA) is 30.5 Å². The van der Waals surface area contributed by atoms with Gasteiger partial charge in [-0.25, -0.2) is 0 Å². The molecule has 120 valence electrons. The normalized spacial score (nSPS) is 15.3. The minimum Gasteiger partial charge on any atom is -0.493 e. The Kier molecular flexibility index (Phi) is 7.58. The summed E-state index contributed by atoms with van der Waals surface area (Å²) < 4.78 is 10.7. The summed E-state index contributed by atoms with van der Waals surface area (Å²) in [5, 5.41) is 3.74. The highest BCUT2D eigenvalue weighted by Gasteiger charge is 2.15. The summed E-state index contributed by atoms with van der Waals surface area (Å²) in [6, 6.07) is 7.01. The third kappa shape index (κ3) is 5.24. The lowest BCUT2D eigenvalue weighted by Gasteiger charge is -2.25. The molecule has 1 rings (SSSR count). The smallest absolute Gasteiger partial charge is 0.161 e. The highest BCUT2D eigenvalue weighted by atomic mass is 16.5. The van der Waals surface area contributed by atoms with Crippen molar-refractivity contribution < 1.29 is 9.47 Å². The number of methoxy groups -OCH3 is 2. The van der Waals surface area contributed by atoms with Crippen molar-refractivity contribution in [2.24, 2.45) is 5.92 Å². The van der Waals surface area contributed by atoms with Gasteiger partial charge in [0.2, 0.25) is 0 Å². The molecule has 3 heteroatoms. The van der Waals surface area contributed by atoms with Crippen LogP contribution in [0.4, 0.5) is 0 Å². The number of ether oxygens (including phenoxy) is 2. The van der Waals surface area contributed by atoms with Crippen LogP contribution in [0.5, 0.6) is 11.5 Å². The Hall–Kier alpha value is -1.22. The van der Waals surface area contributed by atoms with E-state index in [-0.39, 0.29) is 0 Å². The van der Waals surface area contributed by atoms with E-state index >= 15 is 0 Å². The van der Waals surface area contributed by atoms with Crippen molar-refractivity contribution in [2.45, 2.75) is 59.0 Å². The second kappa shape index (κ2) is 8.93. The fourth-order valence-corrected chi connectivity index (χ4v) is 2.58. The molecule has 0 spiro atoms. The van der Waals surface area contributed by atoms with Gasteiger partial charge < -0.3 is 14.8 Å². The van der Waals surface area contributed by atoms with Gasteiger partial charge in [-0.15, -0.1) is 0 Å². The molecule has 0 saturated heterocycles. The number of hydrogen-bond donors (Lipinski definition) is 1. The molecule has 21 heavy (non-hydrogen) atoms. The standard InChI is InChI=1S/C18H31NO2/c1-7-13(3)11-16(8-2)19-14(4)15-9-10-17(20-5)18(12-15)21-6/h9-10,12-14,16,19H,7-8,11H2,1-6H3. The lowest BCUT2D eigenvalue weighted by atomic mass is 9.96. The van der Waals surface area contributed by atoms with Gasteiger partial charge in [0, 0.05) is 12.1 Å². The highest BCUT2D eigenvalue weighted by Crippen LogP contribution is 2.30. The predicted molar refractivity (Wildman–Crippen MR) is 89.2 cm³/mol. The van der Waals surface area contributed by atoms with E-state index in [1.54, 1.807) is 14.2 Å². The maximum Gasteiger partial charge on any atom is 0.161 e. The Bertz CT molecular complexity index is 420. The molecule has 0 radical (unpaired) electrons. The van der Waals surface area contributed by atoms with Crippen LogP contribution in [0.1, 0.15) is 58.6 Å². The summed E-state index contributed by atoms with van der Waals surface area (Å²) in [7, 11) is 3.34. The second-order valence-electron chi connectivity index (χ2n) is 5.86. The minimum atomic E-state index is 0.304. The highest BCUT2D eigenvalue weighted by molar-refractivity contribution is 5.43. The lowest BCUT2D eigenvalue weighted by molar-refractivity contribution is 0.348. The summed E-state index contributed by atoms with van der Waals surface area (Å²) in [6.45, 7) is 9.04. The molecule has 0 aliphatic carbocycles. The first kappa shape index (κ1) is 17.8. The van der Waals surface area contributed by atoms with Crippen LogP contribution in [0.2, 0.25) is 0 Å². The van der Waals surface area contributed by atoms with Gasteiger partial charge in [-0.1, -0.05) is 33.3 Å². The van der Waals surface area contributed by atoms with Gasteiger partial charge in [-0.2, -0.15) is 0 Å².